The third-order valence-corrected chi connectivity index (χ3v) is 4.05. The first kappa shape index (κ1) is 18.2. The Morgan fingerprint density at radius 1 is 1.19 bits per heavy atom. The average Bonchev–Trinajstić information content (AvgIpc) is 2.68. The van der Waals surface area contributed by atoms with E-state index in [1.807, 2.05) is 0 Å². The zero-order chi connectivity index (χ0) is 15.5. The molecule has 1 aliphatic rings. The van der Waals surface area contributed by atoms with Crippen LogP contribution in [-0.2, 0) is 0 Å². The van der Waals surface area contributed by atoms with Crippen molar-refractivity contribution in [1.29, 1.82) is 0 Å². The maximum Gasteiger partial charge on any atom is 0.191 e. The molecule has 1 atom stereocenters. The molecule has 1 fully saturated rings. The fourth-order valence-electron chi connectivity index (χ4n) is 2.46. The third kappa shape index (κ3) is 8.27. The number of aliphatic imine (C=N–C) groups is 1. The largest absolute Gasteiger partial charge is 0.357 e. The lowest BCUT2D eigenvalue weighted by Gasteiger charge is -2.20. The second-order valence-electron chi connectivity index (χ2n) is 6.07. The molecule has 5 nitrogen and oxygen atoms in total. The lowest BCUT2D eigenvalue weighted by molar-refractivity contribution is 0.275. The number of guanidine groups is 1. The zero-order valence-electron chi connectivity index (χ0n) is 14.5. The van der Waals surface area contributed by atoms with Crippen LogP contribution in [-0.4, -0.2) is 74.7 Å². The predicted octanol–water partition coefficient (Wildman–Crippen LogP) is 1.37. The molecule has 124 valence electrons. The molecule has 0 aromatic heterocycles. The highest BCUT2D eigenvalue weighted by atomic mass is 15.2. The number of likely N-dealkylation sites (N-methyl/N-ethyl adjacent to an activating group) is 1. The van der Waals surface area contributed by atoms with E-state index in [-0.39, 0.29) is 0 Å². The molecular weight excluding hydrogens is 262 g/mol. The van der Waals surface area contributed by atoms with Crippen LogP contribution in [0.1, 0.15) is 40.0 Å². The maximum absolute atomic E-state index is 4.68. The highest BCUT2D eigenvalue weighted by Gasteiger charge is 2.11. The van der Waals surface area contributed by atoms with Gasteiger partial charge >= 0.3 is 0 Å². The molecule has 2 N–H and O–H groups in total. The molecular formula is C16H35N5. The van der Waals surface area contributed by atoms with Crippen molar-refractivity contribution in [3.63, 3.8) is 0 Å². The van der Waals surface area contributed by atoms with E-state index >= 15 is 0 Å². The summed E-state index contributed by atoms with van der Waals surface area (Å²) in [5.41, 5.74) is 0. The molecule has 0 saturated carbocycles. The van der Waals surface area contributed by atoms with Gasteiger partial charge in [0, 0.05) is 32.2 Å². The summed E-state index contributed by atoms with van der Waals surface area (Å²) in [6.07, 6.45) is 3.55. The highest BCUT2D eigenvalue weighted by Crippen LogP contribution is 2.01. The van der Waals surface area contributed by atoms with Gasteiger partial charge in [-0.05, 0) is 59.8 Å². The van der Waals surface area contributed by atoms with E-state index in [0.717, 1.165) is 31.9 Å². The fourth-order valence-corrected chi connectivity index (χ4v) is 2.46. The Kier molecular flexibility index (Phi) is 9.42. The van der Waals surface area contributed by atoms with Gasteiger partial charge in [-0.15, -0.1) is 0 Å². The van der Waals surface area contributed by atoms with Gasteiger partial charge in [-0.3, -0.25) is 4.99 Å². The van der Waals surface area contributed by atoms with Crippen LogP contribution in [0.5, 0.6) is 0 Å². The van der Waals surface area contributed by atoms with Crippen LogP contribution in [0.15, 0.2) is 4.99 Å². The number of rotatable bonds is 7. The Balaban J connectivity index is 2.26. The van der Waals surface area contributed by atoms with Crippen LogP contribution in [0, 0.1) is 0 Å². The summed E-state index contributed by atoms with van der Waals surface area (Å²) in [5, 5.41) is 6.76. The SMILES string of the molecule is CCNC(=NCCCN1CCCN(C)CC1)NC(C)CC. The van der Waals surface area contributed by atoms with E-state index in [1.165, 1.54) is 39.1 Å². The first-order valence-electron chi connectivity index (χ1n) is 8.61. The van der Waals surface area contributed by atoms with Gasteiger partial charge in [-0.1, -0.05) is 6.92 Å². The van der Waals surface area contributed by atoms with Crippen molar-refractivity contribution in [1.82, 2.24) is 20.4 Å². The van der Waals surface area contributed by atoms with Gasteiger partial charge in [0.1, 0.15) is 0 Å². The second-order valence-corrected chi connectivity index (χ2v) is 6.07. The Morgan fingerprint density at radius 2 is 2.00 bits per heavy atom. The van der Waals surface area contributed by atoms with Crippen LogP contribution in [0.25, 0.3) is 0 Å². The van der Waals surface area contributed by atoms with E-state index in [2.05, 4.69) is 53.2 Å². The smallest absolute Gasteiger partial charge is 0.191 e. The van der Waals surface area contributed by atoms with E-state index in [9.17, 15) is 0 Å². The minimum absolute atomic E-state index is 0.476. The van der Waals surface area contributed by atoms with E-state index in [0.29, 0.717) is 6.04 Å². The summed E-state index contributed by atoms with van der Waals surface area (Å²) in [6.45, 7) is 14.3. The van der Waals surface area contributed by atoms with Crippen LogP contribution < -0.4 is 10.6 Å². The Hall–Kier alpha value is -0.810. The molecule has 0 aliphatic carbocycles. The summed E-state index contributed by atoms with van der Waals surface area (Å²) < 4.78 is 0. The molecule has 0 spiro atoms. The maximum atomic E-state index is 4.68. The molecule has 0 radical (unpaired) electrons. The van der Waals surface area contributed by atoms with Crippen molar-refractivity contribution < 1.29 is 0 Å². The van der Waals surface area contributed by atoms with Crippen LogP contribution in [0.2, 0.25) is 0 Å². The molecule has 1 aliphatic heterocycles. The van der Waals surface area contributed by atoms with Crippen molar-refractivity contribution in [2.75, 3.05) is 52.9 Å². The fraction of sp³-hybridized carbons (Fsp3) is 0.938. The molecule has 5 heteroatoms. The normalized spacial score (nSPS) is 20.1. The summed E-state index contributed by atoms with van der Waals surface area (Å²) >= 11 is 0. The van der Waals surface area contributed by atoms with Gasteiger partial charge in [0.05, 0.1) is 0 Å². The first-order chi connectivity index (χ1) is 10.2. The summed E-state index contributed by atoms with van der Waals surface area (Å²) in [6, 6.07) is 0.476. The van der Waals surface area contributed by atoms with E-state index in [1.54, 1.807) is 0 Å². The number of hydrogen-bond acceptors (Lipinski definition) is 3. The summed E-state index contributed by atoms with van der Waals surface area (Å²) in [7, 11) is 2.22. The molecule has 0 amide bonds. The van der Waals surface area contributed by atoms with E-state index in [4.69, 9.17) is 0 Å². The quantitative estimate of drug-likeness (QED) is 0.423. The van der Waals surface area contributed by atoms with Gasteiger partial charge in [0.25, 0.3) is 0 Å². The van der Waals surface area contributed by atoms with E-state index < -0.39 is 0 Å². The Bertz CT molecular complexity index is 292. The summed E-state index contributed by atoms with van der Waals surface area (Å²) in [4.78, 5) is 9.69. The molecule has 0 bridgehead atoms. The standard InChI is InChI=1S/C16H35N5/c1-5-15(3)19-16(17-6-2)18-9-7-11-21-12-8-10-20(4)13-14-21/h15H,5-14H2,1-4H3,(H2,17,18,19). The van der Waals surface area contributed by atoms with Crippen molar-refractivity contribution in [2.45, 2.75) is 46.1 Å². The third-order valence-electron chi connectivity index (χ3n) is 4.05. The van der Waals surface area contributed by atoms with Crippen molar-refractivity contribution in [3.05, 3.63) is 0 Å². The van der Waals surface area contributed by atoms with Crippen molar-refractivity contribution >= 4 is 5.96 Å². The zero-order valence-corrected chi connectivity index (χ0v) is 14.5. The van der Waals surface area contributed by atoms with Gasteiger partial charge in [0.15, 0.2) is 5.96 Å². The van der Waals surface area contributed by atoms with Crippen LogP contribution in [0.4, 0.5) is 0 Å². The number of hydrogen-bond donors (Lipinski definition) is 2. The van der Waals surface area contributed by atoms with Gasteiger partial charge in [0.2, 0.25) is 0 Å². The molecule has 21 heavy (non-hydrogen) atoms. The number of nitrogens with zero attached hydrogens (tertiary/aromatic N) is 3. The van der Waals surface area contributed by atoms with Crippen molar-refractivity contribution in [2.24, 2.45) is 4.99 Å². The van der Waals surface area contributed by atoms with Gasteiger partial charge in [-0.25, -0.2) is 0 Å². The Labute approximate surface area is 131 Å². The van der Waals surface area contributed by atoms with Gasteiger partial charge < -0.3 is 20.4 Å². The topological polar surface area (TPSA) is 42.9 Å². The molecule has 0 aromatic rings. The Morgan fingerprint density at radius 3 is 2.71 bits per heavy atom. The molecule has 1 saturated heterocycles. The molecule has 0 aromatic carbocycles. The first-order valence-corrected chi connectivity index (χ1v) is 8.61. The molecule has 1 heterocycles. The second kappa shape index (κ2) is 10.9. The monoisotopic (exact) mass is 297 g/mol. The van der Waals surface area contributed by atoms with Gasteiger partial charge in [-0.2, -0.15) is 0 Å². The van der Waals surface area contributed by atoms with Crippen molar-refractivity contribution in [3.8, 4) is 0 Å². The van der Waals surface area contributed by atoms with Crippen LogP contribution >= 0.6 is 0 Å². The summed E-state index contributed by atoms with van der Waals surface area (Å²) in [5.74, 6) is 0.961. The number of nitrogens with one attached hydrogen (secondary N) is 2. The lowest BCUT2D eigenvalue weighted by Crippen LogP contribution is -2.42. The lowest BCUT2D eigenvalue weighted by atomic mass is 10.3. The minimum atomic E-state index is 0.476. The molecule has 1 rings (SSSR count). The van der Waals surface area contributed by atoms with Crippen LogP contribution in [0.3, 0.4) is 0 Å². The molecule has 1 unspecified atom stereocenters. The minimum Gasteiger partial charge on any atom is -0.357 e. The average molecular weight is 297 g/mol. The highest BCUT2D eigenvalue weighted by molar-refractivity contribution is 5.79. The predicted molar refractivity (Wildman–Crippen MR) is 92.0 cm³/mol.